The summed E-state index contributed by atoms with van der Waals surface area (Å²) in [5.74, 6) is -1.20. The van der Waals surface area contributed by atoms with Crippen LogP contribution in [0.25, 0.3) is 0 Å². The number of benzene rings is 1. The third-order valence-corrected chi connectivity index (χ3v) is 11.8. The lowest BCUT2D eigenvalue weighted by Crippen LogP contribution is -2.52. The van der Waals surface area contributed by atoms with Crippen LogP contribution in [0, 0.1) is 5.92 Å². The number of likely N-dealkylation sites (tertiary alicyclic amines) is 3. The minimum atomic E-state index is -4.66. The monoisotopic (exact) mass is 738 g/mol. The summed E-state index contributed by atoms with van der Waals surface area (Å²) >= 11 is 4.67. The fourth-order valence-electron chi connectivity index (χ4n) is 7.61. The van der Waals surface area contributed by atoms with Gasteiger partial charge in [-0.1, -0.05) is 6.42 Å². The number of nitrogens with zero attached hydrogens (tertiary/aromatic N) is 4. The van der Waals surface area contributed by atoms with E-state index < -0.39 is 23.3 Å². The number of amides is 4. The van der Waals surface area contributed by atoms with Crippen LogP contribution in [0.4, 0.5) is 28.7 Å². The Hall–Kier alpha value is -2.84. The van der Waals surface area contributed by atoms with Gasteiger partial charge in [0.15, 0.2) is 0 Å². The summed E-state index contributed by atoms with van der Waals surface area (Å²) in [6, 6.07) is 4.81. The lowest BCUT2D eigenvalue weighted by molar-refractivity contribution is -0.143. The Morgan fingerprint density at radius 2 is 1.64 bits per heavy atom. The summed E-state index contributed by atoms with van der Waals surface area (Å²) in [6.45, 7) is 4.72. The molecule has 2 aromatic rings. The number of nitrogen functional groups attached to an aromatic ring is 1. The molecule has 4 aliphatic rings. The second-order valence-corrected chi connectivity index (χ2v) is 15.0. The van der Waals surface area contributed by atoms with Crippen LogP contribution < -0.4 is 11.1 Å². The number of alkyl halides is 3. The average Bonchev–Trinajstić information content (AvgIpc) is 3.52. The molecule has 0 spiro atoms. The first-order chi connectivity index (χ1) is 22.5. The maximum atomic E-state index is 14.0. The van der Waals surface area contributed by atoms with Crippen molar-refractivity contribution >= 4 is 55.8 Å². The standard InChI is InChI=1S/C33H42BrF3N6O3S/c34-27-18-21(17-26(29(27)38)33(35,36)37)16-23(31(45)42-13-4-24(5-14-42)40-9-2-1-3-10-40)19-28(44)41-11-6-25(7-12-41)43-20-22-8-15-47-30(22)39-32(43)46/h8,15,17-18,23-25H,1-7,9-14,16,19-20,38H2,(H,39,46)/t23-/m0/s1. The minimum absolute atomic E-state index is 0.00796. The highest BCUT2D eigenvalue weighted by Gasteiger charge is 2.38. The highest BCUT2D eigenvalue weighted by atomic mass is 79.9. The second kappa shape index (κ2) is 14.3. The van der Waals surface area contributed by atoms with E-state index in [-0.39, 0.29) is 41.2 Å². The molecule has 256 valence electrons. The first-order valence-electron chi connectivity index (χ1n) is 16.6. The molecule has 0 unspecified atom stereocenters. The molecule has 5 heterocycles. The first kappa shape index (κ1) is 34.0. The largest absolute Gasteiger partial charge is 0.418 e. The van der Waals surface area contributed by atoms with Gasteiger partial charge in [-0.05, 0) is 103 Å². The van der Waals surface area contributed by atoms with Gasteiger partial charge < -0.3 is 25.3 Å². The van der Waals surface area contributed by atoms with Gasteiger partial charge in [0.2, 0.25) is 11.8 Å². The zero-order valence-electron chi connectivity index (χ0n) is 26.4. The second-order valence-electron chi connectivity index (χ2n) is 13.2. The molecule has 4 amide bonds. The minimum Gasteiger partial charge on any atom is -0.397 e. The summed E-state index contributed by atoms with van der Waals surface area (Å²) in [4.78, 5) is 48.4. The van der Waals surface area contributed by atoms with Crippen LogP contribution in [0.5, 0.6) is 0 Å². The summed E-state index contributed by atoms with van der Waals surface area (Å²) in [5, 5.41) is 5.79. The van der Waals surface area contributed by atoms with Crippen molar-refractivity contribution in [2.24, 2.45) is 5.92 Å². The third-order valence-electron chi connectivity index (χ3n) is 10.3. The predicted molar refractivity (Wildman–Crippen MR) is 179 cm³/mol. The highest BCUT2D eigenvalue weighted by molar-refractivity contribution is 9.10. The molecule has 0 radical (unpaired) electrons. The Balaban J connectivity index is 1.13. The van der Waals surface area contributed by atoms with E-state index in [1.165, 1.54) is 36.7 Å². The van der Waals surface area contributed by atoms with Crippen LogP contribution in [-0.4, -0.2) is 88.8 Å². The number of anilines is 2. The number of fused-ring (bicyclic) bond motifs is 1. The van der Waals surface area contributed by atoms with Crippen molar-refractivity contribution in [3.63, 3.8) is 0 Å². The molecule has 0 aliphatic carbocycles. The number of carbonyl (C=O) groups excluding carboxylic acids is 3. The molecule has 1 aromatic carbocycles. The Morgan fingerprint density at radius 1 is 0.979 bits per heavy atom. The van der Waals surface area contributed by atoms with E-state index in [2.05, 4.69) is 26.1 Å². The van der Waals surface area contributed by atoms with Gasteiger partial charge in [0.1, 0.15) is 5.00 Å². The van der Waals surface area contributed by atoms with E-state index >= 15 is 0 Å². The number of nitrogens with one attached hydrogen (secondary N) is 1. The van der Waals surface area contributed by atoms with Crippen molar-refractivity contribution in [3.05, 3.63) is 44.7 Å². The van der Waals surface area contributed by atoms with Gasteiger partial charge in [-0.25, -0.2) is 4.79 Å². The lowest BCUT2D eigenvalue weighted by atomic mass is 9.91. The molecule has 4 aliphatic heterocycles. The molecule has 1 atom stereocenters. The number of piperidine rings is 3. The topological polar surface area (TPSA) is 102 Å². The van der Waals surface area contributed by atoms with Gasteiger partial charge in [-0.2, -0.15) is 13.2 Å². The van der Waals surface area contributed by atoms with Gasteiger partial charge in [0.25, 0.3) is 0 Å². The molecular weight excluding hydrogens is 697 g/mol. The fraction of sp³-hybridized carbons (Fsp3) is 0.606. The molecule has 9 nitrogen and oxygen atoms in total. The maximum Gasteiger partial charge on any atom is 0.418 e. The number of hydrogen-bond donors (Lipinski definition) is 2. The van der Waals surface area contributed by atoms with Crippen molar-refractivity contribution in [2.75, 3.05) is 50.3 Å². The number of urea groups is 1. The molecule has 6 rings (SSSR count). The van der Waals surface area contributed by atoms with E-state index in [4.69, 9.17) is 5.73 Å². The van der Waals surface area contributed by atoms with Crippen molar-refractivity contribution in [2.45, 2.75) is 82.6 Å². The Kier molecular flexibility index (Phi) is 10.4. The number of rotatable bonds is 7. The molecular formula is C33H42BrF3N6O3S. The maximum absolute atomic E-state index is 14.0. The zero-order valence-corrected chi connectivity index (χ0v) is 28.8. The van der Waals surface area contributed by atoms with Crippen LogP contribution in [0.1, 0.15) is 68.1 Å². The van der Waals surface area contributed by atoms with Crippen LogP contribution in [0.15, 0.2) is 28.1 Å². The number of thiophene rings is 1. The summed E-state index contributed by atoms with van der Waals surface area (Å²) in [7, 11) is 0. The van der Waals surface area contributed by atoms with Crippen molar-refractivity contribution in [1.29, 1.82) is 0 Å². The summed E-state index contributed by atoms with van der Waals surface area (Å²) in [6.07, 6.45) is 1.80. The molecule has 3 N–H and O–H groups in total. The zero-order chi connectivity index (χ0) is 33.3. The van der Waals surface area contributed by atoms with Crippen molar-refractivity contribution in [3.8, 4) is 0 Å². The Labute approximate surface area is 285 Å². The lowest BCUT2D eigenvalue weighted by Gasteiger charge is -2.41. The number of nitrogens with two attached hydrogens (primary N) is 1. The first-order valence-corrected chi connectivity index (χ1v) is 18.2. The molecule has 14 heteroatoms. The molecule has 0 saturated carbocycles. The number of carbonyl (C=O) groups is 3. The van der Waals surface area contributed by atoms with E-state index in [1.807, 2.05) is 16.3 Å². The summed E-state index contributed by atoms with van der Waals surface area (Å²) < 4.78 is 41.6. The quantitative estimate of drug-likeness (QED) is 0.331. The molecule has 0 bridgehead atoms. The normalized spacial score (nSPS) is 21.0. The van der Waals surface area contributed by atoms with Gasteiger partial charge in [0.05, 0.1) is 23.7 Å². The van der Waals surface area contributed by atoms with Crippen LogP contribution in [0.3, 0.4) is 0 Å². The SMILES string of the molecule is Nc1c(Br)cc(C[C@@H](CC(=O)N2CCC(N3Cc4ccsc4NC3=O)CC2)C(=O)N2CCC(N3CCCCC3)CC2)cc1C(F)(F)F. The van der Waals surface area contributed by atoms with E-state index in [0.717, 1.165) is 42.6 Å². The molecule has 3 saturated heterocycles. The van der Waals surface area contributed by atoms with Crippen LogP contribution in [0.2, 0.25) is 0 Å². The van der Waals surface area contributed by atoms with Crippen LogP contribution in [-0.2, 0) is 28.7 Å². The predicted octanol–water partition coefficient (Wildman–Crippen LogP) is 6.18. The van der Waals surface area contributed by atoms with Gasteiger partial charge in [0, 0.05) is 54.7 Å². The molecule has 47 heavy (non-hydrogen) atoms. The van der Waals surface area contributed by atoms with E-state index in [0.29, 0.717) is 57.2 Å². The summed E-state index contributed by atoms with van der Waals surface area (Å²) in [5.41, 5.74) is 5.78. The van der Waals surface area contributed by atoms with Gasteiger partial charge in [-0.15, -0.1) is 11.3 Å². The number of hydrogen-bond acceptors (Lipinski definition) is 6. The van der Waals surface area contributed by atoms with E-state index in [1.54, 1.807) is 9.80 Å². The third kappa shape index (κ3) is 7.75. The van der Waals surface area contributed by atoms with Crippen molar-refractivity contribution in [1.82, 2.24) is 19.6 Å². The molecule has 1 aromatic heterocycles. The van der Waals surface area contributed by atoms with E-state index in [9.17, 15) is 27.6 Å². The fourth-order valence-corrected chi connectivity index (χ4v) is 8.91. The van der Waals surface area contributed by atoms with Crippen molar-refractivity contribution < 1.29 is 27.6 Å². The highest BCUT2D eigenvalue weighted by Crippen LogP contribution is 2.39. The number of halogens is 4. The Morgan fingerprint density at radius 3 is 2.32 bits per heavy atom. The van der Waals surface area contributed by atoms with Crippen LogP contribution >= 0.6 is 27.3 Å². The van der Waals surface area contributed by atoms with Gasteiger partial charge >= 0.3 is 12.2 Å². The van der Waals surface area contributed by atoms with Gasteiger partial charge in [-0.3, -0.25) is 14.9 Å². The Bertz CT molecular complexity index is 1470. The molecule has 3 fully saturated rings. The average molecular weight is 740 g/mol. The smallest absolute Gasteiger partial charge is 0.397 e.